The molecule has 3 aromatic carbocycles. The smallest absolute Gasteiger partial charge is 0.271 e. The van der Waals surface area contributed by atoms with Crippen molar-refractivity contribution in [2.24, 2.45) is 5.10 Å². The van der Waals surface area contributed by atoms with Gasteiger partial charge in [-0.15, -0.1) is 0 Å². The van der Waals surface area contributed by atoms with Gasteiger partial charge in [-0.1, -0.05) is 23.8 Å². The van der Waals surface area contributed by atoms with Gasteiger partial charge < -0.3 is 9.84 Å². The number of hydrogen-bond donors (Lipinski definition) is 3. The van der Waals surface area contributed by atoms with Crippen molar-refractivity contribution in [2.75, 3.05) is 11.8 Å². The van der Waals surface area contributed by atoms with Crippen LogP contribution in [-0.4, -0.2) is 32.8 Å². The van der Waals surface area contributed by atoms with Crippen LogP contribution in [0.1, 0.15) is 21.5 Å². The number of hydrazone groups is 1. The van der Waals surface area contributed by atoms with E-state index in [-0.39, 0.29) is 16.2 Å². The van der Waals surface area contributed by atoms with Gasteiger partial charge in [0, 0.05) is 16.8 Å². The fourth-order valence-corrected chi connectivity index (χ4v) is 3.71. The second-order valence-electron chi connectivity index (χ2n) is 6.59. The number of nitrogens with zero attached hydrogens (tertiary/aromatic N) is 1. The normalized spacial score (nSPS) is 11.3. The molecule has 31 heavy (non-hydrogen) atoms. The molecule has 0 aliphatic carbocycles. The van der Waals surface area contributed by atoms with Crippen LogP contribution in [0.25, 0.3) is 0 Å². The van der Waals surface area contributed by atoms with Crippen LogP contribution in [0.4, 0.5) is 5.69 Å². The minimum Gasteiger partial charge on any atom is -0.504 e. The summed E-state index contributed by atoms with van der Waals surface area (Å²) in [6, 6.07) is 17.3. The van der Waals surface area contributed by atoms with Crippen LogP contribution in [0.3, 0.4) is 0 Å². The van der Waals surface area contributed by atoms with Gasteiger partial charge in [-0.05, 0) is 55.5 Å². The summed E-state index contributed by atoms with van der Waals surface area (Å²) >= 11 is 0. The number of hydrogen-bond acceptors (Lipinski definition) is 6. The lowest BCUT2D eigenvalue weighted by atomic mass is 10.2. The van der Waals surface area contributed by atoms with E-state index < -0.39 is 15.9 Å². The summed E-state index contributed by atoms with van der Waals surface area (Å²) in [7, 11) is -2.29. The van der Waals surface area contributed by atoms with Crippen molar-refractivity contribution < 1.29 is 23.1 Å². The summed E-state index contributed by atoms with van der Waals surface area (Å²) in [5.41, 5.74) is 4.29. The Morgan fingerprint density at radius 2 is 1.71 bits per heavy atom. The Hall–Kier alpha value is -3.85. The molecule has 0 radical (unpaired) electrons. The van der Waals surface area contributed by atoms with Crippen LogP contribution in [-0.2, 0) is 10.0 Å². The van der Waals surface area contributed by atoms with Gasteiger partial charge in [-0.25, -0.2) is 13.8 Å². The summed E-state index contributed by atoms with van der Waals surface area (Å²) in [5.74, 6) is -0.293. The van der Waals surface area contributed by atoms with Crippen LogP contribution < -0.4 is 14.9 Å². The molecule has 0 saturated heterocycles. The highest BCUT2D eigenvalue weighted by molar-refractivity contribution is 7.92. The van der Waals surface area contributed by atoms with Gasteiger partial charge in [-0.2, -0.15) is 5.10 Å². The molecule has 9 heteroatoms. The Morgan fingerprint density at radius 3 is 2.35 bits per heavy atom. The quantitative estimate of drug-likeness (QED) is 0.386. The molecular formula is C22H21N3O5S. The molecule has 0 saturated carbocycles. The molecule has 0 atom stereocenters. The molecule has 0 bridgehead atoms. The standard InChI is InChI=1S/C22H21N3O5S/c1-15-6-12-19(13-7-15)31(28,29)25-18-10-8-16(9-11-18)22(27)24-23-14-17-4-3-5-20(30-2)21(17)26/h3-14,25-26H,1-2H3,(H,24,27). The number of carbonyl (C=O) groups is 1. The molecule has 3 aromatic rings. The van der Waals surface area contributed by atoms with Crippen molar-refractivity contribution in [3.63, 3.8) is 0 Å². The Bertz CT molecular complexity index is 1200. The number of para-hydroxylation sites is 1. The predicted molar refractivity (Wildman–Crippen MR) is 118 cm³/mol. The van der Waals surface area contributed by atoms with Crippen molar-refractivity contribution in [3.8, 4) is 11.5 Å². The first-order valence-corrected chi connectivity index (χ1v) is 10.7. The van der Waals surface area contributed by atoms with Gasteiger partial charge in [-0.3, -0.25) is 9.52 Å². The fraction of sp³-hybridized carbons (Fsp3) is 0.0909. The predicted octanol–water partition coefficient (Wildman–Crippen LogP) is 3.27. The average molecular weight is 439 g/mol. The molecule has 0 heterocycles. The van der Waals surface area contributed by atoms with Gasteiger partial charge in [0.25, 0.3) is 15.9 Å². The Kier molecular flexibility index (Phi) is 6.56. The van der Waals surface area contributed by atoms with Crippen LogP contribution in [0.15, 0.2) is 76.7 Å². The first-order chi connectivity index (χ1) is 14.8. The highest BCUT2D eigenvalue weighted by Gasteiger charge is 2.14. The van der Waals surface area contributed by atoms with Gasteiger partial charge in [0.05, 0.1) is 18.2 Å². The van der Waals surface area contributed by atoms with E-state index in [1.165, 1.54) is 49.7 Å². The van der Waals surface area contributed by atoms with Crippen molar-refractivity contribution in [2.45, 2.75) is 11.8 Å². The number of carbonyl (C=O) groups excluding carboxylic acids is 1. The van der Waals surface area contributed by atoms with Crippen LogP contribution in [0, 0.1) is 6.92 Å². The number of ether oxygens (including phenoxy) is 1. The number of aryl methyl sites for hydroxylation is 1. The van der Waals surface area contributed by atoms with Crippen LogP contribution >= 0.6 is 0 Å². The van der Waals surface area contributed by atoms with E-state index in [1.807, 2.05) is 6.92 Å². The Labute approximate surface area is 180 Å². The summed E-state index contributed by atoms with van der Waals surface area (Å²) in [6.45, 7) is 1.87. The van der Waals surface area contributed by atoms with Gasteiger partial charge in [0.15, 0.2) is 11.5 Å². The number of anilines is 1. The van der Waals surface area contributed by atoms with Gasteiger partial charge in [0.1, 0.15) is 0 Å². The Balaban J connectivity index is 1.64. The van der Waals surface area contributed by atoms with E-state index >= 15 is 0 Å². The van der Waals surface area contributed by atoms with E-state index in [9.17, 15) is 18.3 Å². The monoisotopic (exact) mass is 439 g/mol. The number of benzene rings is 3. The van der Waals surface area contributed by atoms with E-state index in [4.69, 9.17) is 4.74 Å². The minimum atomic E-state index is -3.73. The second-order valence-corrected chi connectivity index (χ2v) is 8.28. The third-order valence-corrected chi connectivity index (χ3v) is 5.75. The lowest BCUT2D eigenvalue weighted by Crippen LogP contribution is -2.18. The van der Waals surface area contributed by atoms with E-state index in [0.717, 1.165) is 5.56 Å². The number of phenolic OH excluding ortho intramolecular Hbond substituents is 1. The highest BCUT2D eigenvalue weighted by atomic mass is 32.2. The molecule has 0 fully saturated rings. The summed E-state index contributed by atoms with van der Waals surface area (Å²) in [4.78, 5) is 12.4. The minimum absolute atomic E-state index is 0.0896. The number of aromatic hydroxyl groups is 1. The largest absolute Gasteiger partial charge is 0.504 e. The molecule has 1 amide bonds. The van der Waals surface area contributed by atoms with Crippen molar-refractivity contribution in [1.29, 1.82) is 0 Å². The van der Waals surface area contributed by atoms with Crippen LogP contribution in [0.2, 0.25) is 0 Å². The molecule has 160 valence electrons. The topological polar surface area (TPSA) is 117 Å². The number of sulfonamides is 1. The molecule has 0 aromatic heterocycles. The maximum Gasteiger partial charge on any atom is 0.271 e. The molecule has 3 N–H and O–H groups in total. The first kappa shape index (κ1) is 21.8. The van der Waals surface area contributed by atoms with E-state index in [2.05, 4.69) is 15.2 Å². The zero-order chi connectivity index (χ0) is 22.4. The number of amides is 1. The molecule has 0 spiro atoms. The Morgan fingerprint density at radius 1 is 1.03 bits per heavy atom. The molecule has 0 aliphatic rings. The SMILES string of the molecule is COc1cccc(C=NNC(=O)c2ccc(NS(=O)(=O)c3ccc(C)cc3)cc2)c1O. The molecule has 0 aliphatic heterocycles. The molecule has 8 nitrogen and oxygen atoms in total. The number of rotatable bonds is 7. The van der Waals surface area contributed by atoms with Crippen molar-refractivity contribution >= 4 is 27.8 Å². The maximum atomic E-state index is 12.4. The molecular weight excluding hydrogens is 418 g/mol. The zero-order valence-corrected chi connectivity index (χ0v) is 17.7. The molecule has 0 unspecified atom stereocenters. The summed E-state index contributed by atoms with van der Waals surface area (Å²) in [6.07, 6.45) is 1.29. The third-order valence-electron chi connectivity index (χ3n) is 4.35. The lowest BCUT2D eigenvalue weighted by Gasteiger charge is -2.09. The van der Waals surface area contributed by atoms with Crippen molar-refractivity contribution in [3.05, 3.63) is 83.4 Å². The third kappa shape index (κ3) is 5.40. The maximum absolute atomic E-state index is 12.4. The van der Waals surface area contributed by atoms with Gasteiger partial charge >= 0.3 is 0 Å². The zero-order valence-electron chi connectivity index (χ0n) is 16.9. The fourth-order valence-electron chi connectivity index (χ4n) is 2.65. The molecule has 3 rings (SSSR count). The van der Waals surface area contributed by atoms with Crippen LogP contribution in [0.5, 0.6) is 11.5 Å². The van der Waals surface area contributed by atoms with E-state index in [0.29, 0.717) is 17.0 Å². The first-order valence-electron chi connectivity index (χ1n) is 9.19. The average Bonchev–Trinajstić information content (AvgIpc) is 2.75. The lowest BCUT2D eigenvalue weighted by molar-refractivity contribution is 0.0955. The number of nitrogens with one attached hydrogen (secondary N) is 2. The van der Waals surface area contributed by atoms with Crippen molar-refractivity contribution in [1.82, 2.24) is 5.43 Å². The van der Waals surface area contributed by atoms with E-state index in [1.54, 1.807) is 30.3 Å². The highest BCUT2D eigenvalue weighted by Crippen LogP contribution is 2.27. The summed E-state index contributed by atoms with van der Waals surface area (Å²) in [5, 5.41) is 13.8. The summed E-state index contributed by atoms with van der Waals surface area (Å²) < 4.78 is 32.4. The second kappa shape index (κ2) is 9.31. The number of methoxy groups -OCH3 is 1. The number of phenols is 1. The van der Waals surface area contributed by atoms with Gasteiger partial charge in [0.2, 0.25) is 0 Å².